The number of hydrogen-bond donors (Lipinski definition) is 1. The van der Waals surface area contributed by atoms with Crippen molar-refractivity contribution in [1.29, 1.82) is 0 Å². The number of rotatable bonds is 3. The fraction of sp³-hybridized carbons (Fsp3) is 0.200. The summed E-state index contributed by atoms with van der Waals surface area (Å²) < 4.78 is 0. The third kappa shape index (κ3) is 2.27. The Hall–Kier alpha value is -2.72. The van der Waals surface area contributed by atoms with Crippen molar-refractivity contribution < 1.29 is 9.59 Å². The van der Waals surface area contributed by atoms with Crippen molar-refractivity contribution in [3.05, 3.63) is 83.4 Å². The molecule has 0 saturated carbocycles. The van der Waals surface area contributed by atoms with E-state index in [4.69, 9.17) is 0 Å². The molecule has 0 saturated heterocycles. The summed E-state index contributed by atoms with van der Waals surface area (Å²) in [7, 11) is 0. The molecule has 4 nitrogen and oxygen atoms in total. The van der Waals surface area contributed by atoms with Gasteiger partial charge < -0.3 is 0 Å². The van der Waals surface area contributed by atoms with Gasteiger partial charge in [-0.1, -0.05) is 54.6 Å². The Morgan fingerprint density at radius 3 is 2.08 bits per heavy atom. The van der Waals surface area contributed by atoms with Crippen molar-refractivity contribution in [2.24, 2.45) is 0 Å². The van der Waals surface area contributed by atoms with Crippen LogP contribution in [0.1, 0.15) is 45.5 Å². The topological polar surface area (TPSA) is 49.4 Å². The zero-order valence-electron chi connectivity index (χ0n) is 13.2. The van der Waals surface area contributed by atoms with Gasteiger partial charge in [0.2, 0.25) is 0 Å². The minimum absolute atomic E-state index is 0.287. The first kappa shape index (κ1) is 14.8. The lowest BCUT2D eigenvalue weighted by Gasteiger charge is -2.37. The van der Waals surface area contributed by atoms with Crippen LogP contribution in [0.2, 0.25) is 0 Å². The first-order chi connectivity index (χ1) is 11.7. The number of carbonyl (C=O) groups is 2. The zero-order valence-corrected chi connectivity index (χ0v) is 13.2. The van der Waals surface area contributed by atoms with Crippen LogP contribution in [0.25, 0.3) is 0 Å². The lowest BCUT2D eigenvalue weighted by atomic mass is 9.82. The maximum atomic E-state index is 12.7. The highest BCUT2D eigenvalue weighted by Gasteiger charge is 2.41. The Labute approximate surface area is 140 Å². The lowest BCUT2D eigenvalue weighted by Crippen LogP contribution is -2.54. The van der Waals surface area contributed by atoms with E-state index in [0.29, 0.717) is 11.1 Å². The number of amides is 2. The molecule has 0 radical (unpaired) electrons. The highest BCUT2D eigenvalue weighted by molar-refractivity contribution is 6.21. The Bertz CT molecular complexity index is 794. The van der Waals surface area contributed by atoms with E-state index in [2.05, 4.69) is 17.6 Å². The number of allylic oxidation sites excluding steroid dienone is 1. The van der Waals surface area contributed by atoms with Gasteiger partial charge in [-0.25, -0.2) is 10.4 Å². The molecule has 0 fully saturated rings. The normalized spacial score (nSPS) is 22.8. The number of nitrogens with zero attached hydrogens (tertiary/aromatic N) is 1. The minimum atomic E-state index is -0.535. The van der Waals surface area contributed by atoms with Gasteiger partial charge >= 0.3 is 0 Å². The van der Waals surface area contributed by atoms with Crippen molar-refractivity contribution in [3.63, 3.8) is 0 Å². The zero-order chi connectivity index (χ0) is 16.6. The van der Waals surface area contributed by atoms with Crippen LogP contribution in [0.3, 0.4) is 0 Å². The number of hydrazine groups is 1. The average molecular weight is 318 g/mol. The van der Waals surface area contributed by atoms with Crippen molar-refractivity contribution in [1.82, 2.24) is 10.4 Å². The van der Waals surface area contributed by atoms with Gasteiger partial charge in [-0.2, -0.15) is 0 Å². The fourth-order valence-corrected chi connectivity index (χ4v) is 3.49. The molecule has 2 aromatic carbocycles. The van der Waals surface area contributed by atoms with Crippen LogP contribution in [0.5, 0.6) is 0 Å². The van der Waals surface area contributed by atoms with E-state index in [9.17, 15) is 9.59 Å². The van der Waals surface area contributed by atoms with Gasteiger partial charge in [0.05, 0.1) is 16.7 Å². The summed E-state index contributed by atoms with van der Waals surface area (Å²) in [4.78, 5) is 25.3. The predicted molar refractivity (Wildman–Crippen MR) is 91.2 cm³/mol. The summed E-state index contributed by atoms with van der Waals surface area (Å²) >= 11 is 0. The molecule has 2 aromatic rings. The van der Waals surface area contributed by atoms with Crippen molar-refractivity contribution in [3.8, 4) is 0 Å². The van der Waals surface area contributed by atoms with Gasteiger partial charge in [0.1, 0.15) is 0 Å². The van der Waals surface area contributed by atoms with E-state index < -0.39 is 5.54 Å². The minimum Gasteiger partial charge on any atom is -0.267 e. The van der Waals surface area contributed by atoms with Crippen LogP contribution >= 0.6 is 0 Å². The van der Waals surface area contributed by atoms with E-state index in [1.807, 2.05) is 30.3 Å². The van der Waals surface area contributed by atoms with Crippen LogP contribution in [-0.4, -0.2) is 16.8 Å². The van der Waals surface area contributed by atoms with Gasteiger partial charge in [0.15, 0.2) is 0 Å². The van der Waals surface area contributed by atoms with Crippen molar-refractivity contribution >= 4 is 11.8 Å². The van der Waals surface area contributed by atoms with E-state index in [1.165, 1.54) is 5.01 Å². The molecule has 0 bridgehead atoms. The molecular weight excluding hydrogens is 300 g/mol. The number of hydrogen-bond acceptors (Lipinski definition) is 3. The first-order valence-corrected chi connectivity index (χ1v) is 8.20. The van der Waals surface area contributed by atoms with Crippen molar-refractivity contribution in [2.45, 2.75) is 24.8 Å². The summed E-state index contributed by atoms with van der Waals surface area (Å²) in [5.41, 5.74) is 4.67. The second-order valence-corrected chi connectivity index (χ2v) is 6.24. The Morgan fingerprint density at radius 1 is 0.875 bits per heavy atom. The summed E-state index contributed by atoms with van der Waals surface area (Å²) in [5.74, 6) is -0.574. The summed E-state index contributed by atoms with van der Waals surface area (Å²) in [6.07, 6.45) is 7.04. The molecule has 0 unspecified atom stereocenters. The van der Waals surface area contributed by atoms with E-state index in [0.717, 1.165) is 24.8 Å². The molecule has 0 spiro atoms. The Kier molecular flexibility index (Phi) is 3.54. The molecule has 0 aromatic heterocycles. The molecule has 2 amide bonds. The predicted octanol–water partition coefficient (Wildman–Crippen LogP) is 3.42. The van der Waals surface area contributed by atoms with Crippen LogP contribution in [-0.2, 0) is 5.54 Å². The second kappa shape index (κ2) is 5.73. The third-order valence-electron chi connectivity index (χ3n) is 4.74. The monoisotopic (exact) mass is 318 g/mol. The van der Waals surface area contributed by atoms with Gasteiger partial charge in [-0.3, -0.25) is 9.59 Å². The smallest absolute Gasteiger partial charge is 0.267 e. The number of benzene rings is 2. The molecule has 1 aliphatic heterocycles. The molecule has 24 heavy (non-hydrogen) atoms. The van der Waals surface area contributed by atoms with Crippen LogP contribution in [0, 0.1) is 0 Å². The molecule has 1 aliphatic carbocycles. The molecule has 2 aliphatic rings. The highest BCUT2D eigenvalue weighted by atomic mass is 16.2. The maximum absolute atomic E-state index is 12.7. The maximum Gasteiger partial charge on any atom is 0.276 e. The first-order valence-electron chi connectivity index (χ1n) is 8.20. The van der Waals surface area contributed by atoms with Crippen molar-refractivity contribution in [2.75, 3.05) is 0 Å². The fourth-order valence-electron chi connectivity index (χ4n) is 3.49. The van der Waals surface area contributed by atoms with Crippen LogP contribution in [0.4, 0.5) is 0 Å². The number of fused-ring (bicyclic) bond motifs is 1. The molecule has 120 valence electrons. The number of imide groups is 1. The molecule has 1 atom stereocenters. The molecule has 4 rings (SSSR count). The second-order valence-electron chi connectivity index (χ2n) is 6.24. The molecule has 1 N–H and O–H groups in total. The third-order valence-corrected chi connectivity index (χ3v) is 4.74. The summed E-state index contributed by atoms with van der Waals surface area (Å²) in [6, 6.07) is 16.9. The van der Waals surface area contributed by atoms with Gasteiger partial charge in [0, 0.05) is 0 Å². The SMILES string of the molecule is O=C1c2ccccc2C(=O)N1N[C@]1(c2ccccc2)C=CCCC1. The largest absolute Gasteiger partial charge is 0.276 e. The molecule has 4 heteroatoms. The Balaban J connectivity index is 1.73. The number of nitrogens with one attached hydrogen (secondary N) is 1. The van der Waals surface area contributed by atoms with Crippen LogP contribution < -0.4 is 5.43 Å². The number of carbonyl (C=O) groups excluding carboxylic acids is 2. The van der Waals surface area contributed by atoms with E-state index >= 15 is 0 Å². The van der Waals surface area contributed by atoms with Gasteiger partial charge in [-0.15, -0.1) is 0 Å². The van der Waals surface area contributed by atoms with Crippen LogP contribution in [0.15, 0.2) is 66.7 Å². The average Bonchev–Trinajstić information content (AvgIpc) is 2.89. The van der Waals surface area contributed by atoms with E-state index in [1.54, 1.807) is 24.3 Å². The lowest BCUT2D eigenvalue weighted by molar-refractivity contribution is 0.0476. The highest BCUT2D eigenvalue weighted by Crippen LogP contribution is 2.34. The standard InChI is InChI=1S/C20H18N2O2/c23-18-16-11-5-6-12-17(16)19(24)22(18)21-20(13-7-2-8-14-20)15-9-3-1-4-10-15/h1,3-7,9-13,21H,2,8,14H2/t20-/m1/s1. The van der Waals surface area contributed by atoms with E-state index in [-0.39, 0.29) is 11.8 Å². The van der Waals surface area contributed by atoms with Gasteiger partial charge in [0.25, 0.3) is 11.8 Å². The molecule has 1 heterocycles. The Morgan fingerprint density at radius 2 is 1.50 bits per heavy atom. The quantitative estimate of drug-likeness (QED) is 0.697. The molecular formula is C20H18N2O2. The summed E-state index contributed by atoms with van der Waals surface area (Å²) in [5, 5.41) is 1.17. The summed E-state index contributed by atoms with van der Waals surface area (Å²) in [6.45, 7) is 0. The van der Waals surface area contributed by atoms with Gasteiger partial charge in [-0.05, 0) is 37.0 Å².